The highest BCUT2D eigenvalue weighted by molar-refractivity contribution is 7.45. The molecule has 0 bridgehead atoms. The third kappa shape index (κ3) is 44.1. The molecular formula is C48H92NO8P. The molecule has 342 valence electrons. The first kappa shape index (κ1) is 56.5. The van der Waals surface area contributed by atoms with E-state index >= 15 is 0 Å². The maximum absolute atomic E-state index is 12.7. The third-order valence-corrected chi connectivity index (χ3v) is 11.4. The van der Waals surface area contributed by atoms with Crippen LogP contribution < -0.4 is 4.89 Å². The molecule has 0 rings (SSSR count). The van der Waals surface area contributed by atoms with Crippen LogP contribution in [0.3, 0.4) is 0 Å². The maximum Gasteiger partial charge on any atom is 0.306 e. The van der Waals surface area contributed by atoms with Gasteiger partial charge in [0, 0.05) is 12.8 Å². The summed E-state index contributed by atoms with van der Waals surface area (Å²) in [6.45, 7) is 4.22. The minimum Gasteiger partial charge on any atom is -0.756 e. The van der Waals surface area contributed by atoms with Gasteiger partial charge in [0.15, 0.2) is 6.10 Å². The van der Waals surface area contributed by atoms with Crippen molar-refractivity contribution in [3.05, 3.63) is 24.3 Å². The molecule has 9 nitrogen and oxygen atoms in total. The first-order chi connectivity index (χ1) is 28.0. The normalized spacial score (nSPS) is 13.7. The zero-order valence-corrected chi connectivity index (χ0v) is 39.4. The number of hydrogen-bond donors (Lipinski definition) is 0. The van der Waals surface area contributed by atoms with Crippen molar-refractivity contribution in [3.8, 4) is 0 Å². The van der Waals surface area contributed by atoms with Gasteiger partial charge in [0.1, 0.15) is 19.8 Å². The Hall–Kier alpha value is -1.51. The molecule has 0 fully saturated rings. The van der Waals surface area contributed by atoms with Crippen molar-refractivity contribution in [2.24, 2.45) is 0 Å². The van der Waals surface area contributed by atoms with Crippen molar-refractivity contribution in [3.63, 3.8) is 0 Å². The van der Waals surface area contributed by atoms with Gasteiger partial charge in [0.05, 0.1) is 27.7 Å². The molecule has 0 aliphatic heterocycles. The summed E-state index contributed by atoms with van der Waals surface area (Å²) in [6.07, 6.45) is 44.9. The summed E-state index contributed by atoms with van der Waals surface area (Å²) in [6, 6.07) is 0. The lowest BCUT2D eigenvalue weighted by Crippen LogP contribution is -2.37. The third-order valence-electron chi connectivity index (χ3n) is 10.4. The van der Waals surface area contributed by atoms with Crippen molar-refractivity contribution >= 4 is 19.8 Å². The molecule has 0 aromatic rings. The number of unbranched alkanes of at least 4 members (excludes halogenated alkanes) is 26. The Morgan fingerprint density at radius 2 is 0.879 bits per heavy atom. The van der Waals surface area contributed by atoms with E-state index in [9.17, 15) is 19.0 Å². The number of phosphoric acid groups is 1. The average Bonchev–Trinajstić information content (AvgIpc) is 3.17. The van der Waals surface area contributed by atoms with Gasteiger partial charge < -0.3 is 27.9 Å². The molecule has 58 heavy (non-hydrogen) atoms. The number of quaternary nitrogens is 1. The summed E-state index contributed by atoms with van der Waals surface area (Å²) in [5.41, 5.74) is 0. The number of carbonyl (C=O) groups is 2. The van der Waals surface area contributed by atoms with E-state index in [1.165, 1.54) is 128 Å². The number of nitrogens with zero attached hydrogens (tertiary/aromatic N) is 1. The molecule has 0 aromatic heterocycles. The number of hydrogen-bond acceptors (Lipinski definition) is 8. The number of carbonyl (C=O) groups excluding carboxylic acids is 2. The second kappa shape index (κ2) is 40.9. The quantitative estimate of drug-likeness (QED) is 0.0196. The van der Waals surface area contributed by atoms with E-state index in [0.29, 0.717) is 17.4 Å². The lowest BCUT2D eigenvalue weighted by atomic mass is 10.0. The van der Waals surface area contributed by atoms with Gasteiger partial charge in [-0.05, 0) is 64.2 Å². The molecule has 0 aliphatic rings. The Morgan fingerprint density at radius 3 is 1.29 bits per heavy atom. The van der Waals surface area contributed by atoms with Crippen molar-refractivity contribution in [2.45, 2.75) is 225 Å². The fraction of sp³-hybridized carbons (Fsp3) is 0.875. The van der Waals surface area contributed by atoms with Crippen molar-refractivity contribution < 1.29 is 42.1 Å². The highest BCUT2D eigenvalue weighted by Crippen LogP contribution is 2.38. The predicted molar refractivity (Wildman–Crippen MR) is 241 cm³/mol. The van der Waals surface area contributed by atoms with Gasteiger partial charge >= 0.3 is 11.9 Å². The Labute approximate surface area is 358 Å². The SMILES string of the molecule is CCCCCC/C=C\CCCCCCCC(=O)OC[C@H](COP(=O)([O-])OCC[N+](C)(C)C)OC(=O)CCCCCCCCCCCCC/C=C\CCCCCCCC. The van der Waals surface area contributed by atoms with E-state index in [1.807, 2.05) is 21.1 Å². The van der Waals surface area contributed by atoms with E-state index in [0.717, 1.165) is 57.8 Å². The smallest absolute Gasteiger partial charge is 0.306 e. The van der Waals surface area contributed by atoms with Gasteiger partial charge in [-0.1, -0.05) is 167 Å². The molecule has 0 N–H and O–H groups in total. The summed E-state index contributed by atoms with van der Waals surface area (Å²) < 4.78 is 34.0. The fourth-order valence-electron chi connectivity index (χ4n) is 6.64. The van der Waals surface area contributed by atoms with Gasteiger partial charge in [-0.25, -0.2) is 0 Å². The predicted octanol–water partition coefficient (Wildman–Crippen LogP) is 13.3. The topological polar surface area (TPSA) is 111 Å². The van der Waals surface area contributed by atoms with Gasteiger partial charge in [-0.2, -0.15) is 0 Å². The molecule has 0 spiro atoms. The van der Waals surface area contributed by atoms with Crippen LogP contribution in [0.25, 0.3) is 0 Å². The van der Waals surface area contributed by atoms with Crippen LogP contribution in [0.1, 0.15) is 219 Å². The van der Waals surface area contributed by atoms with Gasteiger partial charge in [-0.15, -0.1) is 0 Å². The standard InChI is InChI=1S/C48H92NO8P/c1-6-8-10-12-14-16-18-20-21-22-23-24-25-26-27-29-31-33-35-37-39-41-48(51)57-46(45-56-58(52,53)55-43-42-49(3,4)5)44-54-47(50)40-38-36-34-32-30-28-19-17-15-13-11-9-7-2/h17,19-21,46H,6-16,18,22-45H2,1-5H3/b19-17-,21-20-/t46-/m1/s1. The van der Waals surface area contributed by atoms with Crippen LogP contribution in [0.4, 0.5) is 0 Å². The Balaban J connectivity index is 4.25. The molecule has 2 atom stereocenters. The molecule has 0 radical (unpaired) electrons. The lowest BCUT2D eigenvalue weighted by molar-refractivity contribution is -0.870. The molecule has 0 aliphatic carbocycles. The highest BCUT2D eigenvalue weighted by Gasteiger charge is 2.21. The minimum absolute atomic E-state index is 0.0307. The van der Waals surface area contributed by atoms with Crippen molar-refractivity contribution in [1.29, 1.82) is 0 Å². The van der Waals surface area contributed by atoms with E-state index in [1.54, 1.807) is 0 Å². The number of rotatable bonds is 44. The molecule has 0 heterocycles. The van der Waals surface area contributed by atoms with Gasteiger partial charge in [-0.3, -0.25) is 14.2 Å². The number of phosphoric ester groups is 1. The summed E-state index contributed by atoms with van der Waals surface area (Å²) in [5, 5.41) is 0. The second-order valence-electron chi connectivity index (χ2n) is 17.5. The molecule has 0 saturated carbocycles. The zero-order valence-electron chi connectivity index (χ0n) is 38.5. The fourth-order valence-corrected chi connectivity index (χ4v) is 7.37. The minimum atomic E-state index is -4.62. The maximum atomic E-state index is 12.7. The molecule has 1 unspecified atom stereocenters. The average molecular weight is 842 g/mol. The van der Waals surface area contributed by atoms with Crippen molar-refractivity contribution in [1.82, 2.24) is 0 Å². The van der Waals surface area contributed by atoms with Crippen LogP contribution in [0.2, 0.25) is 0 Å². The Bertz CT molecular complexity index is 1040. The largest absolute Gasteiger partial charge is 0.756 e. The summed E-state index contributed by atoms with van der Waals surface area (Å²) in [5.74, 6) is -0.839. The number of likely N-dealkylation sites (N-methyl/N-ethyl adjacent to an activating group) is 1. The van der Waals surface area contributed by atoms with Crippen LogP contribution >= 0.6 is 7.82 Å². The van der Waals surface area contributed by atoms with Crippen molar-refractivity contribution in [2.75, 3.05) is 47.5 Å². The van der Waals surface area contributed by atoms with E-state index in [4.69, 9.17) is 18.5 Å². The summed E-state index contributed by atoms with van der Waals surface area (Å²) >= 11 is 0. The van der Waals surface area contributed by atoms with Gasteiger partial charge in [0.2, 0.25) is 0 Å². The van der Waals surface area contributed by atoms with Crippen LogP contribution in [0.15, 0.2) is 24.3 Å². The van der Waals surface area contributed by atoms with Crippen LogP contribution in [-0.4, -0.2) is 70.0 Å². The van der Waals surface area contributed by atoms with Crippen LogP contribution in [-0.2, 0) is 32.7 Å². The number of allylic oxidation sites excluding steroid dienone is 4. The Morgan fingerprint density at radius 1 is 0.517 bits per heavy atom. The first-order valence-electron chi connectivity index (χ1n) is 24.0. The number of esters is 2. The molecule has 0 aromatic carbocycles. The van der Waals surface area contributed by atoms with Crippen LogP contribution in [0, 0.1) is 0 Å². The highest BCUT2D eigenvalue weighted by atomic mass is 31.2. The van der Waals surface area contributed by atoms with Gasteiger partial charge in [0.25, 0.3) is 7.82 Å². The van der Waals surface area contributed by atoms with E-state index in [2.05, 4.69) is 38.2 Å². The molecule has 0 amide bonds. The van der Waals surface area contributed by atoms with Crippen LogP contribution in [0.5, 0.6) is 0 Å². The second-order valence-corrected chi connectivity index (χ2v) is 18.9. The number of ether oxygens (including phenoxy) is 2. The Kier molecular flexibility index (Phi) is 39.8. The molecule has 10 heteroatoms. The van der Waals surface area contributed by atoms with E-state index < -0.39 is 32.5 Å². The zero-order chi connectivity index (χ0) is 42.8. The van der Waals surface area contributed by atoms with E-state index in [-0.39, 0.29) is 26.1 Å². The first-order valence-corrected chi connectivity index (χ1v) is 25.5. The summed E-state index contributed by atoms with van der Waals surface area (Å²) in [7, 11) is 1.17. The lowest BCUT2D eigenvalue weighted by Gasteiger charge is -2.28. The summed E-state index contributed by atoms with van der Waals surface area (Å²) in [4.78, 5) is 37.6. The molecule has 0 saturated heterocycles. The monoisotopic (exact) mass is 842 g/mol. The molecular weight excluding hydrogens is 750 g/mol.